The Labute approximate surface area is 186 Å². The van der Waals surface area contributed by atoms with Gasteiger partial charge < -0.3 is 19.4 Å². The predicted octanol–water partition coefficient (Wildman–Crippen LogP) is 2.69. The number of benzene rings is 2. The van der Waals surface area contributed by atoms with Gasteiger partial charge in [-0.3, -0.25) is 14.4 Å². The molecule has 2 aromatic rings. The van der Waals surface area contributed by atoms with Crippen LogP contribution < -0.4 is 9.64 Å². The number of halogens is 1. The minimum Gasteiger partial charge on any atom is -0.497 e. The molecule has 2 saturated heterocycles. The number of anilines is 1. The summed E-state index contributed by atoms with van der Waals surface area (Å²) in [6.45, 7) is 2.21. The molecule has 2 aliphatic heterocycles. The maximum absolute atomic E-state index is 13.0. The van der Waals surface area contributed by atoms with Gasteiger partial charge in [-0.05, 0) is 36.4 Å². The van der Waals surface area contributed by atoms with Crippen molar-refractivity contribution in [3.8, 4) is 5.75 Å². The third-order valence-corrected chi connectivity index (χ3v) is 6.06. The van der Waals surface area contributed by atoms with E-state index in [1.807, 2.05) is 18.2 Å². The monoisotopic (exact) mass is 441 g/mol. The number of rotatable bonds is 4. The smallest absolute Gasteiger partial charge is 0.253 e. The summed E-state index contributed by atoms with van der Waals surface area (Å²) in [5.41, 5.74) is 1.32. The summed E-state index contributed by atoms with van der Waals surface area (Å²) < 4.78 is 5.23. The first-order valence-electron chi connectivity index (χ1n) is 10.2. The van der Waals surface area contributed by atoms with E-state index in [2.05, 4.69) is 0 Å². The van der Waals surface area contributed by atoms with Gasteiger partial charge in [0.1, 0.15) is 5.75 Å². The molecular formula is C23H24ClN3O4. The third kappa shape index (κ3) is 4.51. The first-order valence-corrected chi connectivity index (χ1v) is 10.6. The highest BCUT2D eigenvalue weighted by Gasteiger charge is 2.38. The number of hydrogen-bond acceptors (Lipinski definition) is 4. The highest BCUT2D eigenvalue weighted by molar-refractivity contribution is 6.30. The van der Waals surface area contributed by atoms with Crippen molar-refractivity contribution in [1.82, 2.24) is 9.80 Å². The Morgan fingerprint density at radius 3 is 2.35 bits per heavy atom. The SMILES string of the molecule is COc1cccc(N2CC(C(=O)N3CCN(C(=O)c4ccc(Cl)cc4)CC3)CC2=O)c1. The zero-order valence-corrected chi connectivity index (χ0v) is 18.0. The fourth-order valence-corrected chi connectivity index (χ4v) is 4.19. The van der Waals surface area contributed by atoms with Crippen molar-refractivity contribution in [2.45, 2.75) is 6.42 Å². The molecule has 4 rings (SSSR count). The molecule has 7 nitrogen and oxygen atoms in total. The predicted molar refractivity (Wildman–Crippen MR) is 117 cm³/mol. The Hall–Kier alpha value is -3.06. The maximum Gasteiger partial charge on any atom is 0.253 e. The summed E-state index contributed by atoms with van der Waals surface area (Å²) in [6.07, 6.45) is 0.194. The number of methoxy groups -OCH3 is 1. The second-order valence-electron chi connectivity index (χ2n) is 7.73. The van der Waals surface area contributed by atoms with E-state index in [9.17, 15) is 14.4 Å². The Balaban J connectivity index is 1.35. The van der Waals surface area contributed by atoms with Crippen molar-refractivity contribution in [2.75, 3.05) is 44.7 Å². The van der Waals surface area contributed by atoms with Gasteiger partial charge in [0.2, 0.25) is 11.8 Å². The maximum atomic E-state index is 13.0. The minimum absolute atomic E-state index is 0.0302. The van der Waals surface area contributed by atoms with E-state index in [0.717, 1.165) is 5.69 Å². The Bertz CT molecular complexity index is 987. The number of carbonyl (C=O) groups excluding carboxylic acids is 3. The van der Waals surface area contributed by atoms with Crippen molar-refractivity contribution >= 4 is 35.0 Å². The van der Waals surface area contributed by atoms with Crippen LogP contribution in [-0.4, -0.2) is 67.4 Å². The number of amides is 3. The standard InChI is InChI=1S/C23H24ClN3O4/c1-31-20-4-2-3-19(14-20)27-15-17(13-21(27)28)23(30)26-11-9-25(10-12-26)22(29)16-5-7-18(24)8-6-16/h2-8,14,17H,9-13,15H2,1H3. The summed E-state index contributed by atoms with van der Waals surface area (Å²) in [5, 5.41) is 0.584. The highest BCUT2D eigenvalue weighted by atomic mass is 35.5. The van der Waals surface area contributed by atoms with E-state index in [4.69, 9.17) is 16.3 Å². The van der Waals surface area contributed by atoms with Crippen LogP contribution in [-0.2, 0) is 9.59 Å². The van der Waals surface area contributed by atoms with E-state index in [1.54, 1.807) is 52.1 Å². The topological polar surface area (TPSA) is 70.2 Å². The van der Waals surface area contributed by atoms with Gasteiger partial charge in [-0.15, -0.1) is 0 Å². The van der Waals surface area contributed by atoms with Crippen LogP contribution in [0.1, 0.15) is 16.8 Å². The van der Waals surface area contributed by atoms with Crippen molar-refractivity contribution in [1.29, 1.82) is 0 Å². The molecule has 2 aromatic carbocycles. The quantitative estimate of drug-likeness (QED) is 0.731. The van der Waals surface area contributed by atoms with Gasteiger partial charge in [0, 0.05) is 61.5 Å². The lowest BCUT2D eigenvalue weighted by Gasteiger charge is -2.36. The highest BCUT2D eigenvalue weighted by Crippen LogP contribution is 2.29. The molecule has 0 saturated carbocycles. The average molecular weight is 442 g/mol. The second kappa shape index (κ2) is 8.98. The number of hydrogen-bond donors (Lipinski definition) is 0. The molecule has 2 heterocycles. The third-order valence-electron chi connectivity index (χ3n) is 5.81. The van der Waals surface area contributed by atoms with Crippen molar-refractivity contribution in [2.24, 2.45) is 5.92 Å². The number of carbonyl (C=O) groups is 3. The molecule has 0 aromatic heterocycles. The summed E-state index contributed by atoms with van der Waals surface area (Å²) in [5.74, 6) is 0.128. The summed E-state index contributed by atoms with van der Waals surface area (Å²) in [7, 11) is 1.58. The molecule has 162 valence electrons. The molecule has 1 atom stereocenters. The normalized spacial score (nSPS) is 19.0. The van der Waals surface area contributed by atoms with E-state index < -0.39 is 0 Å². The Morgan fingerprint density at radius 2 is 1.68 bits per heavy atom. The lowest BCUT2D eigenvalue weighted by molar-refractivity contribution is -0.137. The van der Waals surface area contributed by atoms with Gasteiger partial charge in [-0.25, -0.2) is 0 Å². The van der Waals surface area contributed by atoms with Gasteiger partial charge >= 0.3 is 0 Å². The zero-order valence-electron chi connectivity index (χ0n) is 17.3. The molecule has 0 radical (unpaired) electrons. The molecule has 0 bridgehead atoms. The van der Waals surface area contributed by atoms with Crippen LogP contribution in [0.4, 0.5) is 5.69 Å². The molecule has 2 aliphatic rings. The summed E-state index contributed by atoms with van der Waals surface area (Å²) in [6, 6.07) is 14.1. The molecule has 31 heavy (non-hydrogen) atoms. The van der Waals surface area contributed by atoms with Crippen LogP contribution in [0.5, 0.6) is 5.75 Å². The van der Waals surface area contributed by atoms with Crippen LogP contribution in [0.3, 0.4) is 0 Å². The van der Waals surface area contributed by atoms with Gasteiger partial charge in [0.25, 0.3) is 5.91 Å². The average Bonchev–Trinajstić information content (AvgIpc) is 3.20. The van der Waals surface area contributed by atoms with Gasteiger partial charge in [-0.2, -0.15) is 0 Å². The van der Waals surface area contributed by atoms with E-state index >= 15 is 0 Å². The van der Waals surface area contributed by atoms with Gasteiger partial charge in [0.05, 0.1) is 13.0 Å². The van der Waals surface area contributed by atoms with E-state index in [-0.39, 0.29) is 30.1 Å². The minimum atomic E-state index is -0.378. The Morgan fingerprint density at radius 1 is 1.00 bits per heavy atom. The fourth-order valence-electron chi connectivity index (χ4n) is 4.06. The molecule has 2 fully saturated rings. The molecule has 0 N–H and O–H groups in total. The molecule has 0 aliphatic carbocycles. The van der Waals surface area contributed by atoms with Crippen molar-refractivity contribution in [3.63, 3.8) is 0 Å². The van der Waals surface area contributed by atoms with E-state index in [0.29, 0.717) is 49.1 Å². The summed E-state index contributed by atoms with van der Waals surface area (Å²) >= 11 is 5.89. The van der Waals surface area contributed by atoms with Crippen LogP contribution in [0.2, 0.25) is 5.02 Å². The van der Waals surface area contributed by atoms with Crippen molar-refractivity contribution in [3.05, 3.63) is 59.1 Å². The number of ether oxygens (including phenoxy) is 1. The van der Waals surface area contributed by atoms with Crippen LogP contribution in [0.25, 0.3) is 0 Å². The van der Waals surface area contributed by atoms with E-state index in [1.165, 1.54) is 0 Å². The lowest BCUT2D eigenvalue weighted by atomic mass is 10.1. The van der Waals surface area contributed by atoms with Crippen molar-refractivity contribution < 1.29 is 19.1 Å². The second-order valence-corrected chi connectivity index (χ2v) is 8.17. The Kier molecular flexibility index (Phi) is 6.13. The fraction of sp³-hybridized carbons (Fsp3) is 0.348. The first-order chi connectivity index (χ1) is 15.0. The molecule has 0 spiro atoms. The zero-order chi connectivity index (χ0) is 22.0. The summed E-state index contributed by atoms with van der Waals surface area (Å²) in [4.78, 5) is 43.4. The largest absolute Gasteiger partial charge is 0.497 e. The van der Waals surface area contributed by atoms with Crippen LogP contribution in [0, 0.1) is 5.92 Å². The van der Waals surface area contributed by atoms with Crippen LogP contribution >= 0.6 is 11.6 Å². The van der Waals surface area contributed by atoms with Gasteiger partial charge in [-0.1, -0.05) is 17.7 Å². The molecular weight excluding hydrogens is 418 g/mol. The van der Waals surface area contributed by atoms with Crippen LogP contribution in [0.15, 0.2) is 48.5 Å². The number of nitrogens with zero attached hydrogens (tertiary/aromatic N) is 3. The first kappa shape index (κ1) is 21.2. The molecule has 8 heteroatoms. The lowest BCUT2D eigenvalue weighted by Crippen LogP contribution is -2.52. The molecule has 3 amide bonds. The number of piperazine rings is 1. The molecule has 1 unspecified atom stereocenters. The van der Waals surface area contributed by atoms with Gasteiger partial charge in [0.15, 0.2) is 0 Å².